The van der Waals surface area contributed by atoms with Crippen molar-refractivity contribution in [3.05, 3.63) is 4.91 Å². The van der Waals surface area contributed by atoms with Crippen molar-refractivity contribution in [2.24, 2.45) is 22.9 Å². The van der Waals surface area contributed by atoms with Crippen molar-refractivity contribution in [2.75, 3.05) is 0 Å². The van der Waals surface area contributed by atoms with Gasteiger partial charge in [-0.3, -0.25) is 0 Å². The van der Waals surface area contributed by atoms with E-state index in [1.165, 1.54) is 70.6 Å². The van der Waals surface area contributed by atoms with E-state index in [0.29, 0.717) is 5.92 Å². The molecule has 0 aromatic rings. The largest absolute Gasteiger partial charge is 0.151 e. The predicted octanol–water partition coefficient (Wildman–Crippen LogP) is 8.14. The van der Waals surface area contributed by atoms with E-state index in [-0.39, 0.29) is 6.04 Å². The highest BCUT2D eigenvalue weighted by Gasteiger charge is 2.11. The van der Waals surface area contributed by atoms with Gasteiger partial charge in [0.15, 0.2) is 0 Å². The van der Waals surface area contributed by atoms with Crippen LogP contribution < -0.4 is 0 Å². The van der Waals surface area contributed by atoms with E-state index in [9.17, 15) is 4.91 Å². The van der Waals surface area contributed by atoms with E-state index < -0.39 is 0 Å². The summed E-state index contributed by atoms with van der Waals surface area (Å²) in [6, 6.07) is 0.0422. The van der Waals surface area contributed by atoms with Crippen molar-refractivity contribution >= 4 is 0 Å². The summed E-state index contributed by atoms with van der Waals surface area (Å²) in [5, 5.41) is 3.22. The molecule has 1 unspecified atom stereocenters. The topological polar surface area (TPSA) is 29.4 Å². The van der Waals surface area contributed by atoms with Crippen LogP contribution in [0.5, 0.6) is 0 Å². The minimum Gasteiger partial charge on any atom is -0.151 e. The molecule has 0 radical (unpaired) electrons. The SMILES string of the molecule is CC[C@@H](C[C@@H](C)CCCCCC(C)CCCCCCC(C)C)N=O. The third kappa shape index (κ3) is 15.1. The zero-order chi connectivity index (χ0) is 18.2. The van der Waals surface area contributed by atoms with Crippen LogP contribution >= 0.6 is 0 Å². The van der Waals surface area contributed by atoms with Gasteiger partial charge in [-0.2, -0.15) is 4.91 Å². The molecule has 24 heavy (non-hydrogen) atoms. The summed E-state index contributed by atoms with van der Waals surface area (Å²) in [4.78, 5) is 10.6. The van der Waals surface area contributed by atoms with Crippen LogP contribution in [-0.2, 0) is 0 Å². The molecule has 0 fully saturated rings. The minimum atomic E-state index is 0.0422. The van der Waals surface area contributed by atoms with E-state index in [2.05, 4.69) is 39.8 Å². The van der Waals surface area contributed by atoms with Crippen molar-refractivity contribution in [3.63, 3.8) is 0 Å². The molecule has 0 heterocycles. The normalized spacial score (nSPS) is 15.4. The monoisotopic (exact) mass is 339 g/mol. The van der Waals surface area contributed by atoms with E-state index in [1.54, 1.807) is 0 Å². The van der Waals surface area contributed by atoms with Gasteiger partial charge >= 0.3 is 0 Å². The second-order valence-electron chi connectivity index (χ2n) is 8.64. The Bertz CT molecular complexity index is 277. The number of rotatable bonds is 17. The lowest BCUT2D eigenvalue weighted by atomic mass is 9.93. The fraction of sp³-hybridized carbons (Fsp3) is 1.00. The van der Waals surface area contributed by atoms with Gasteiger partial charge in [-0.15, -0.1) is 0 Å². The molecular weight excluding hydrogens is 294 g/mol. The summed E-state index contributed by atoms with van der Waals surface area (Å²) in [7, 11) is 0. The molecule has 0 aliphatic carbocycles. The number of unbranched alkanes of at least 4 members (excludes halogenated alkanes) is 5. The second kappa shape index (κ2) is 16.1. The molecule has 3 atom stereocenters. The number of hydrogen-bond acceptors (Lipinski definition) is 2. The smallest absolute Gasteiger partial charge is 0.0919 e. The summed E-state index contributed by atoms with van der Waals surface area (Å²) >= 11 is 0. The van der Waals surface area contributed by atoms with Gasteiger partial charge in [0.1, 0.15) is 0 Å². The summed E-state index contributed by atoms with van der Waals surface area (Å²) < 4.78 is 0. The summed E-state index contributed by atoms with van der Waals surface area (Å²) in [6.07, 6.45) is 17.1. The first kappa shape index (κ1) is 23.6. The lowest BCUT2D eigenvalue weighted by molar-refractivity contribution is 0.396. The maximum Gasteiger partial charge on any atom is 0.0919 e. The Balaban J connectivity index is 3.42. The first-order valence-electron chi connectivity index (χ1n) is 10.8. The highest BCUT2D eigenvalue weighted by Crippen LogP contribution is 2.21. The Labute approximate surface area is 152 Å². The molecule has 0 saturated heterocycles. The van der Waals surface area contributed by atoms with E-state index >= 15 is 0 Å². The number of nitroso groups, excluding NO2 is 1. The molecule has 0 aromatic heterocycles. The zero-order valence-electron chi connectivity index (χ0n) is 17.4. The lowest BCUT2D eigenvalue weighted by Crippen LogP contribution is -2.08. The highest BCUT2D eigenvalue weighted by atomic mass is 16.3. The summed E-state index contributed by atoms with van der Waals surface area (Å²) in [5.74, 6) is 2.42. The Kier molecular flexibility index (Phi) is 15.8. The van der Waals surface area contributed by atoms with Gasteiger partial charge in [0.2, 0.25) is 0 Å². The summed E-state index contributed by atoms with van der Waals surface area (Å²) in [6.45, 7) is 11.4. The van der Waals surface area contributed by atoms with Crippen molar-refractivity contribution in [3.8, 4) is 0 Å². The third-order valence-corrected chi connectivity index (χ3v) is 5.42. The molecule has 144 valence electrons. The average Bonchev–Trinajstić information content (AvgIpc) is 2.55. The maximum atomic E-state index is 10.6. The molecule has 0 aliphatic heterocycles. The molecule has 0 bridgehead atoms. The van der Waals surface area contributed by atoms with Crippen LogP contribution in [0.3, 0.4) is 0 Å². The van der Waals surface area contributed by atoms with Crippen LogP contribution in [0, 0.1) is 22.7 Å². The molecule has 2 heteroatoms. The molecular formula is C22H45NO. The molecule has 0 N–H and O–H groups in total. The van der Waals surface area contributed by atoms with Gasteiger partial charge in [-0.25, -0.2) is 0 Å². The average molecular weight is 340 g/mol. The van der Waals surface area contributed by atoms with E-state index in [1.807, 2.05) is 0 Å². The van der Waals surface area contributed by atoms with Crippen molar-refractivity contribution in [2.45, 2.75) is 124 Å². The fourth-order valence-corrected chi connectivity index (χ4v) is 3.57. The fourth-order valence-electron chi connectivity index (χ4n) is 3.57. The first-order valence-corrected chi connectivity index (χ1v) is 10.8. The third-order valence-electron chi connectivity index (χ3n) is 5.42. The Morgan fingerprint density at radius 2 is 1.12 bits per heavy atom. The Hall–Kier alpha value is -0.400. The van der Waals surface area contributed by atoms with Crippen LogP contribution in [0.25, 0.3) is 0 Å². The molecule has 0 aromatic carbocycles. The zero-order valence-corrected chi connectivity index (χ0v) is 17.4. The summed E-state index contributed by atoms with van der Waals surface area (Å²) in [5.41, 5.74) is 0. The van der Waals surface area contributed by atoms with Crippen LogP contribution in [0.4, 0.5) is 0 Å². The van der Waals surface area contributed by atoms with Gasteiger partial charge in [0.05, 0.1) is 6.04 Å². The lowest BCUT2D eigenvalue weighted by Gasteiger charge is -2.14. The second-order valence-corrected chi connectivity index (χ2v) is 8.64. The van der Waals surface area contributed by atoms with Crippen molar-refractivity contribution in [1.82, 2.24) is 0 Å². The minimum absolute atomic E-state index is 0.0422. The van der Waals surface area contributed by atoms with E-state index in [4.69, 9.17) is 0 Å². The molecule has 0 spiro atoms. The van der Waals surface area contributed by atoms with Crippen LogP contribution in [-0.4, -0.2) is 6.04 Å². The molecule has 0 aliphatic rings. The number of nitrogens with zero attached hydrogens (tertiary/aromatic N) is 1. The van der Waals surface area contributed by atoms with E-state index in [0.717, 1.165) is 24.7 Å². The Morgan fingerprint density at radius 1 is 0.667 bits per heavy atom. The van der Waals surface area contributed by atoms with Crippen LogP contribution in [0.15, 0.2) is 5.18 Å². The van der Waals surface area contributed by atoms with Gasteiger partial charge in [-0.1, -0.05) is 110 Å². The molecule has 0 saturated carbocycles. The molecule has 0 rings (SSSR count). The quantitative estimate of drug-likeness (QED) is 0.194. The van der Waals surface area contributed by atoms with Gasteiger partial charge in [0, 0.05) is 0 Å². The van der Waals surface area contributed by atoms with Gasteiger partial charge < -0.3 is 0 Å². The first-order chi connectivity index (χ1) is 11.5. The highest BCUT2D eigenvalue weighted by molar-refractivity contribution is 4.67. The van der Waals surface area contributed by atoms with Gasteiger partial charge in [-0.05, 0) is 30.6 Å². The standard InChI is InChI=1S/C22H45NO/c1-6-22(23-24)18-21(5)17-13-9-12-16-20(4)15-11-8-7-10-14-19(2)3/h19-22H,6-18H2,1-5H3/t20?,21-,22-/m0/s1. The molecule has 2 nitrogen and oxygen atoms in total. The van der Waals surface area contributed by atoms with Crippen LogP contribution in [0.2, 0.25) is 0 Å². The maximum absolute atomic E-state index is 10.6. The van der Waals surface area contributed by atoms with Crippen LogP contribution in [0.1, 0.15) is 118 Å². The molecule has 0 amide bonds. The van der Waals surface area contributed by atoms with Crippen molar-refractivity contribution < 1.29 is 0 Å². The number of hydrogen-bond donors (Lipinski definition) is 0. The predicted molar refractivity (Wildman–Crippen MR) is 108 cm³/mol. The Morgan fingerprint density at radius 3 is 1.58 bits per heavy atom. The van der Waals surface area contributed by atoms with Crippen molar-refractivity contribution in [1.29, 1.82) is 0 Å². The van der Waals surface area contributed by atoms with Gasteiger partial charge in [0.25, 0.3) is 0 Å².